The van der Waals surface area contributed by atoms with E-state index in [1.807, 2.05) is 4.90 Å². The molecule has 1 saturated heterocycles. The molecular formula is C14H26N2O2. The fourth-order valence-corrected chi connectivity index (χ4v) is 2.52. The third-order valence-electron chi connectivity index (χ3n) is 3.94. The normalized spacial score (nSPS) is 25.4. The van der Waals surface area contributed by atoms with Gasteiger partial charge in [-0.25, -0.2) is 0 Å². The van der Waals surface area contributed by atoms with Gasteiger partial charge in [0.15, 0.2) is 0 Å². The van der Waals surface area contributed by atoms with Crippen molar-refractivity contribution in [2.45, 2.75) is 58.2 Å². The Morgan fingerprint density at radius 3 is 2.72 bits per heavy atom. The Morgan fingerprint density at radius 1 is 1.44 bits per heavy atom. The van der Waals surface area contributed by atoms with Gasteiger partial charge >= 0.3 is 0 Å². The molecule has 1 saturated carbocycles. The van der Waals surface area contributed by atoms with E-state index in [-0.39, 0.29) is 11.7 Å². The smallest absolute Gasteiger partial charge is 0.244 e. The minimum atomic E-state index is -0.182. The van der Waals surface area contributed by atoms with E-state index in [2.05, 4.69) is 26.1 Å². The first kappa shape index (κ1) is 13.8. The number of nitrogens with one attached hydrogen (secondary N) is 1. The predicted octanol–water partition coefficient (Wildman–Crippen LogP) is 1.75. The molecule has 0 radical (unpaired) electrons. The van der Waals surface area contributed by atoms with Gasteiger partial charge in [-0.2, -0.15) is 0 Å². The number of carbonyl (C=O) groups excluding carboxylic acids is 1. The molecule has 104 valence electrons. The summed E-state index contributed by atoms with van der Waals surface area (Å²) >= 11 is 0. The van der Waals surface area contributed by atoms with Crippen molar-refractivity contribution < 1.29 is 9.53 Å². The van der Waals surface area contributed by atoms with Gasteiger partial charge in [0.2, 0.25) is 5.91 Å². The maximum atomic E-state index is 12.2. The highest BCUT2D eigenvalue weighted by Crippen LogP contribution is 2.42. The molecule has 2 aliphatic rings. The van der Waals surface area contributed by atoms with Gasteiger partial charge in [0.05, 0.1) is 18.3 Å². The zero-order valence-electron chi connectivity index (χ0n) is 11.9. The molecule has 0 bridgehead atoms. The van der Waals surface area contributed by atoms with Crippen LogP contribution in [0, 0.1) is 5.92 Å². The number of nitrogens with zero attached hydrogens (tertiary/aromatic N) is 1. The Morgan fingerprint density at radius 2 is 2.17 bits per heavy atom. The van der Waals surface area contributed by atoms with Crippen LogP contribution in [0.3, 0.4) is 0 Å². The number of ether oxygens (including phenoxy) is 1. The fourth-order valence-electron chi connectivity index (χ4n) is 2.52. The lowest BCUT2D eigenvalue weighted by molar-refractivity contribution is -0.131. The molecule has 1 spiro atoms. The van der Waals surface area contributed by atoms with E-state index in [1.54, 1.807) is 0 Å². The lowest BCUT2D eigenvalue weighted by atomic mass is 10.1. The Labute approximate surface area is 110 Å². The molecule has 4 nitrogen and oxygen atoms in total. The van der Waals surface area contributed by atoms with Crippen LogP contribution in [0.2, 0.25) is 0 Å². The molecule has 1 heterocycles. The molecule has 2 rings (SSSR count). The van der Waals surface area contributed by atoms with E-state index in [4.69, 9.17) is 4.74 Å². The predicted molar refractivity (Wildman–Crippen MR) is 71.2 cm³/mol. The lowest BCUT2D eigenvalue weighted by Gasteiger charge is -2.22. The average molecular weight is 254 g/mol. The molecule has 1 unspecified atom stereocenters. The first-order valence-corrected chi connectivity index (χ1v) is 7.25. The SMILES string of the molecule is CCC1NC2(CC2)C(=O)N1CCOCCC(C)C. The van der Waals surface area contributed by atoms with Gasteiger partial charge in [-0.3, -0.25) is 10.1 Å². The summed E-state index contributed by atoms with van der Waals surface area (Å²) in [6.45, 7) is 8.70. The zero-order chi connectivity index (χ0) is 13.2. The number of rotatable bonds is 7. The average Bonchev–Trinajstić information content (AvgIpc) is 3.06. The van der Waals surface area contributed by atoms with Crippen LogP contribution in [0.25, 0.3) is 0 Å². The van der Waals surface area contributed by atoms with Gasteiger partial charge in [-0.05, 0) is 31.6 Å². The van der Waals surface area contributed by atoms with Crippen LogP contribution in [0.1, 0.15) is 46.5 Å². The zero-order valence-corrected chi connectivity index (χ0v) is 11.9. The number of hydrogen-bond donors (Lipinski definition) is 1. The summed E-state index contributed by atoms with van der Waals surface area (Å²) in [6, 6.07) is 0. The fraction of sp³-hybridized carbons (Fsp3) is 0.929. The number of amides is 1. The van der Waals surface area contributed by atoms with E-state index in [0.717, 1.165) is 38.8 Å². The second-order valence-corrected chi connectivity index (χ2v) is 5.94. The van der Waals surface area contributed by atoms with Crippen LogP contribution in [-0.2, 0) is 9.53 Å². The summed E-state index contributed by atoms with van der Waals surface area (Å²) < 4.78 is 5.61. The summed E-state index contributed by atoms with van der Waals surface area (Å²) in [5.74, 6) is 0.972. The van der Waals surface area contributed by atoms with Crippen molar-refractivity contribution in [3.8, 4) is 0 Å². The Hall–Kier alpha value is -0.610. The highest BCUT2D eigenvalue weighted by atomic mass is 16.5. The van der Waals surface area contributed by atoms with E-state index < -0.39 is 0 Å². The second kappa shape index (κ2) is 5.57. The molecule has 1 amide bonds. The second-order valence-electron chi connectivity index (χ2n) is 5.94. The minimum Gasteiger partial charge on any atom is -0.380 e. The standard InChI is InChI=1S/C14H26N2O2/c1-4-12-15-14(6-7-14)13(17)16(12)8-10-18-9-5-11(2)3/h11-12,15H,4-10H2,1-3H3. The first-order chi connectivity index (χ1) is 8.59. The molecule has 1 aliphatic carbocycles. The summed E-state index contributed by atoms with van der Waals surface area (Å²) in [5, 5.41) is 3.47. The van der Waals surface area contributed by atoms with Crippen LogP contribution in [0.15, 0.2) is 0 Å². The van der Waals surface area contributed by atoms with Crippen molar-refractivity contribution in [1.29, 1.82) is 0 Å². The maximum absolute atomic E-state index is 12.2. The summed E-state index contributed by atoms with van der Waals surface area (Å²) in [5.41, 5.74) is -0.182. The third kappa shape index (κ3) is 2.86. The van der Waals surface area contributed by atoms with E-state index in [0.29, 0.717) is 18.4 Å². The highest BCUT2D eigenvalue weighted by Gasteiger charge is 2.58. The largest absolute Gasteiger partial charge is 0.380 e. The van der Waals surface area contributed by atoms with Crippen molar-refractivity contribution in [2.75, 3.05) is 19.8 Å². The summed E-state index contributed by atoms with van der Waals surface area (Å²) in [6.07, 6.45) is 4.29. The van der Waals surface area contributed by atoms with Crippen LogP contribution >= 0.6 is 0 Å². The third-order valence-corrected chi connectivity index (χ3v) is 3.94. The van der Waals surface area contributed by atoms with Crippen molar-refractivity contribution in [3.63, 3.8) is 0 Å². The van der Waals surface area contributed by atoms with E-state index >= 15 is 0 Å². The van der Waals surface area contributed by atoms with Crippen molar-refractivity contribution in [2.24, 2.45) is 5.92 Å². The molecule has 1 N–H and O–H groups in total. The van der Waals surface area contributed by atoms with Gasteiger partial charge in [-0.1, -0.05) is 20.8 Å². The van der Waals surface area contributed by atoms with E-state index in [1.165, 1.54) is 0 Å². The Bertz CT molecular complexity index is 300. The maximum Gasteiger partial charge on any atom is 0.244 e. The van der Waals surface area contributed by atoms with E-state index in [9.17, 15) is 4.79 Å². The van der Waals surface area contributed by atoms with Crippen LogP contribution in [0.4, 0.5) is 0 Å². The highest BCUT2D eigenvalue weighted by molar-refractivity contribution is 5.91. The molecular weight excluding hydrogens is 228 g/mol. The molecule has 0 aromatic heterocycles. The summed E-state index contributed by atoms with van der Waals surface area (Å²) in [7, 11) is 0. The topological polar surface area (TPSA) is 41.6 Å². The molecule has 2 fully saturated rings. The van der Waals surface area contributed by atoms with Crippen LogP contribution < -0.4 is 5.32 Å². The van der Waals surface area contributed by atoms with Crippen LogP contribution in [0.5, 0.6) is 0 Å². The van der Waals surface area contributed by atoms with Gasteiger partial charge in [-0.15, -0.1) is 0 Å². The van der Waals surface area contributed by atoms with Gasteiger partial charge in [0, 0.05) is 13.2 Å². The monoisotopic (exact) mass is 254 g/mol. The quantitative estimate of drug-likeness (QED) is 0.704. The van der Waals surface area contributed by atoms with Crippen molar-refractivity contribution >= 4 is 5.91 Å². The number of carbonyl (C=O) groups is 1. The first-order valence-electron chi connectivity index (χ1n) is 7.25. The molecule has 0 aromatic rings. The van der Waals surface area contributed by atoms with Gasteiger partial charge < -0.3 is 9.64 Å². The molecule has 1 aliphatic heterocycles. The molecule has 18 heavy (non-hydrogen) atoms. The van der Waals surface area contributed by atoms with Gasteiger partial charge in [0.1, 0.15) is 0 Å². The van der Waals surface area contributed by atoms with Gasteiger partial charge in [0.25, 0.3) is 0 Å². The lowest BCUT2D eigenvalue weighted by Crippen LogP contribution is -2.39. The summed E-state index contributed by atoms with van der Waals surface area (Å²) in [4.78, 5) is 14.2. The van der Waals surface area contributed by atoms with Crippen LogP contribution in [-0.4, -0.2) is 42.3 Å². The Kier molecular flexibility index (Phi) is 4.28. The van der Waals surface area contributed by atoms with Crippen molar-refractivity contribution in [3.05, 3.63) is 0 Å². The minimum absolute atomic E-state index is 0.182. The molecule has 1 atom stereocenters. The van der Waals surface area contributed by atoms with Crippen molar-refractivity contribution in [1.82, 2.24) is 10.2 Å². The molecule has 0 aromatic carbocycles. The molecule has 4 heteroatoms. The number of hydrogen-bond acceptors (Lipinski definition) is 3. The Balaban J connectivity index is 1.72.